The Morgan fingerprint density at radius 3 is 2.92 bits per heavy atom. The Bertz CT molecular complexity index is 760. The van der Waals surface area contributed by atoms with Crippen LogP contribution in [0.4, 0.5) is 10.8 Å². The van der Waals surface area contributed by atoms with Crippen LogP contribution in [0.15, 0.2) is 28.6 Å². The van der Waals surface area contributed by atoms with E-state index in [1.165, 1.54) is 23.1 Å². The van der Waals surface area contributed by atoms with Gasteiger partial charge in [0.15, 0.2) is 4.34 Å². The van der Waals surface area contributed by atoms with Crippen molar-refractivity contribution in [1.82, 2.24) is 15.5 Å². The van der Waals surface area contributed by atoms with Crippen LogP contribution in [0, 0.1) is 0 Å². The van der Waals surface area contributed by atoms with Crippen molar-refractivity contribution >= 4 is 45.7 Å². The second kappa shape index (κ2) is 8.30. The molecule has 132 valence electrons. The average molecular weight is 377 g/mol. The molecule has 1 heterocycles. The highest BCUT2D eigenvalue weighted by atomic mass is 32.2. The predicted octanol–water partition coefficient (Wildman–Crippen LogP) is 2.59. The molecular weight excluding hydrogens is 358 g/mol. The molecule has 1 fully saturated rings. The van der Waals surface area contributed by atoms with Crippen LogP contribution >= 0.6 is 23.1 Å². The monoisotopic (exact) mass is 377 g/mol. The molecule has 0 unspecified atom stereocenters. The van der Waals surface area contributed by atoms with Gasteiger partial charge in [0.1, 0.15) is 0 Å². The smallest absolute Gasteiger partial charge is 0.251 e. The van der Waals surface area contributed by atoms with Crippen molar-refractivity contribution < 1.29 is 9.59 Å². The van der Waals surface area contributed by atoms with Crippen molar-refractivity contribution in [3.8, 4) is 0 Å². The minimum Gasteiger partial charge on any atom is -0.360 e. The summed E-state index contributed by atoms with van der Waals surface area (Å²) >= 11 is 2.76. The molecule has 25 heavy (non-hydrogen) atoms. The number of rotatable bonds is 8. The number of hydrogen-bond acceptors (Lipinski definition) is 7. The van der Waals surface area contributed by atoms with Gasteiger partial charge >= 0.3 is 0 Å². The summed E-state index contributed by atoms with van der Waals surface area (Å²) in [5.74, 6) is -0.0121. The van der Waals surface area contributed by atoms with Gasteiger partial charge in [-0.05, 0) is 38.0 Å². The SMILES string of the molecule is CCNc1nnc(SCC(=O)Nc2cccc(C(=O)NC3CC3)c2)s1. The van der Waals surface area contributed by atoms with Crippen LogP contribution in [0.3, 0.4) is 0 Å². The molecule has 0 radical (unpaired) electrons. The lowest BCUT2D eigenvalue weighted by Gasteiger charge is -2.07. The van der Waals surface area contributed by atoms with Gasteiger partial charge in [0.05, 0.1) is 5.75 Å². The molecule has 0 bridgehead atoms. The summed E-state index contributed by atoms with van der Waals surface area (Å²) in [6.45, 7) is 2.77. The molecule has 0 aliphatic heterocycles. The highest BCUT2D eigenvalue weighted by molar-refractivity contribution is 8.01. The second-order valence-electron chi connectivity index (χ2n) is 5.57. The fourth-order valence-corrected chi connectivity index (χ4v) is 3.67. The molecule has 7 nitrogen and oxygen atoms in total. The number of amides is 2. The molecule has 2 amide bonds. The van der Waals surface area contributed by atoms with Crippen molar-refractivity contribution in [2.24, 2.45) is 0 Å². The Hall–Kier alpha value is -2.13. The van der Waals surface area contributed by atoms with Crippen molar-refractivity contribution in [3.05, 3.63) is 29.8 Å². The van der Waals surface area contributed by atoms with Gasteiger partial charge in [-0.1, -0.05) is 29.2 Å². The molecule has 1 saturated carbocycles. The summed E-state index contributed by atoms with van der Waals surface area (Å²) < 4.78 is 0.740. The normalized spacial score (nSPS) is 13.3. The van der Waals surface area contributed by atoms with E-state index in [4.69, 9.17) is 0 Å². The zero-order valence-corrected chi connectivity index (χ0v) is 15.4. The lowest BCUT2D eigenvalue weighted by Crippen LogP contribution is -2.25. The maximum absolute atomic E-state index is 12.1. The Balaban J connectivity index is 1.50. The highest BCUT2D eigenvalue weighted by Gasteiger charge is 2.23. The standard InChI is InChI=1S/C16H19N5O2S2/c1-2-17-15-20-21-16(25-15)24-9-13(22)18-12-5-3-4-10(8-12)14(23)19-11-6-7-11/h3-5,8,11H,2,6-7,9H2,1H3,(H,17,20)(H,18,22)(H,19,23). The van der Waals surface area contributed by atoms with Crippen LogP contribution in [0.25, 0.3) is 0 Å². The lowest BCUT2D eigenvalue weighted by molar-refractivity contribution is -0.113. The van der Waals surface area contributed by atoms with Crippen LogP contribution in [-0.4, -0.2) is 40.4 Å². The minimum atomic E-state index is -0.148. The summed E-state index contributed by atoms with van der Waals surface area (Å²) in [5.41, 5.74) is 1.16. The van der Waals surface area contributed by atoms with E-state index in [1.807, 2.05) is 6.92 Å². The van der Waals surface area contributed by atoms with E-state index in [0.717, 1.165) is 28.9 Å². The maximum Gasteiger partial charge on any atom is 0.251 e. The van der Waals surface area contributed by atoms with E-state index in [0.29, 0.717) is 17.3 Å². The van der Waals surface area contributed by atoms with E-state index in [-0.39, 0.29) is 17.6 Å². The summed E-state index contributed by atoms with van der Waals surface area (Å²) in [6, 6.07) is 7.27. The van der Waals surface area contributed by atoms with E-state index >= 15 is 0 Å². The summed E-state index contributed by atoms with van der Waals surface area (Å²) in [6.07, 6.45) is 2.08. The number of carbonyl (C=O) groups excluding carboxylic acids is 2. The average Bonchev–Trinajstić information content (AvgIpc) is 3.30. The van der Waals surface area contributed by atoms with Crippen LogP contribution in [0.5, 0.6) is 0 Å². The van der Waals surface area contributed by atoms with Gasteiger partial charge in [0.2, 0.25) is 11.0 Å². The number of hydrogen-bond donors (Lipinski definition) is 3. The lowest BCUT2D eigenvalue weighted by atomic mass is 10.2. The van der Waals surface area contributed by atoms with Crippen LogP contribution < -0.4 is 16.0 Å². The molecule has 1 aliphatic rings. The molecule has 0 atom stereocenters. The summed E-state index contributed by atoms with van der Waals surface area (Å²) in [4.78, 5) is 24.1. The number of anilines is 2. The third-order valence-electron chi connectivity index (χ3n) is 3.38. The van der Waals surface area contributed by atoms with E-state index < -0.39 is 0 Å². The van der Waals surface area contributed by atoms with Gasteiger partial charge in [-0.2, -0.15) is 0 Å². The number of nitrogens with one attached hydrogen (secondary N) is 3. The van der Waals surface area contributed by atoms with Crippen molar-refractivity contribution in [2.45, 2.75) is 30.1 Å². The molecule has 3 rings (SSSR count). The highest BCUT2D eigenvalue weighted by Crippen LogP contribution is 2.25. The van der Waals surface area contributed by atoms with Gasteiger partial charge in [-0.15, -0.1) is 10.2 Å². The molecule has 2 aromatic rings. The van der Waals surface area contributed by atoms with E-state index in [9.17, 15) is 9.59 Å². The second-order valence-corrected chi connectivity index (χ2v) is 7.77. The van der Waals surface area contributed by atoms with Crippen molar-refractivity contribution in [2.75, 3.05) is 22.9 Å². The zero-order valence-electron chi connectivity index (χ0n) is 13.7. The van der Waals surface area contributed by atoms with E-state index in [2.05, 4.69) is 26.1 Å². The molecule has 1 aromatic heterocycles. The third kappa shape index (κ3) is 5.43. The summed E-state index contributed by atoms with van der Waals surface area (Å²) in [5, 5.41) is 17.6. The summed E-state index contributed by atoms with van der Waals surface area (Å²) in [7, 11) is 0. The quantitative estimate of drug-likeness (QED) is 0.612. The molecule has 9 heteroatoms. The number of carbonyl (C=O) groups is 2. The topological polar surface area (TPSA) is 96.0 Å². The molecule has 1 aromatic carbocycles. The number of aromatic nitrogens is 2. The van der Waals surface area contributed by atoms with Crippen LogP contribution in [0.1, 0.15) is 30.1 Å². The first-order chi connectivity index (χ1) is 12.1. The molecule has 0 spiro atoms. The molecule has 3 N–H and O–H groups in total. The number of nitrogens with zero attached hydrogens (tertiary/aromatic N) is 2. The van der Waals surface area contributed by atoms with Crippen molar-refractivity contribution in [3.63, 3.8) is 0 Å². The first-order valence-corrected chi connectivity index (χ1v) is 9.85. The molecule has 1 aliphatic carbocycles. The largest absolute Gasteiger partial charge is 0.360 e. The molecular formula is C16H19N5O2S2. The van der Waals surface area contributed by atoms with Gasteiger partial charge in [0.25, 0.3) is 5.91 Å². The Morgan fingerprint density at radius 2 is 2.16 bits per heavy atom. The van der Waals surface area contributed by atoms with Gasteiger partial charge in [0, 0.05) is 23.8 Å². The van der Waals surface area contributed by atoms with Crippen molar-refractivity contribution in [1.29, 1.82) is 0 Å². The first kappa shape index (κ1) is 17.7. The maximum atomic E-state index is 12.1. The number of thioether (sulfide) groups is 1. The molecule has 0 saturated heterocycles. The third-order valence-corrected chi connectivity index (χ3v) is 5.40. The van der Waals surface area contributed by atoms with Crippen LogP contribution in [0.2, 0.25) is 0 Å². The predicted molar refractivity (Wildman–Crippen MR) is 100 cm³/mol. The fourth-order valence-electron chi connectivity index (χ4n) is 2.05. The zero-order chi connectivity index (χ0) is 17.6. The van der Waals surface area contributed by atoms with E-state index in [1.54, 1.807) is 24.3 Å². The van der Waals surface area contributed by atoms with Gasteiger partial charge in [-0.25, -0.2) is 0 Å². The van der Waals surface area contributed by atoms with Gasteiger partial charge < -0.3 is 16.0 Å². The first-order valence-electron chi connectivity index (χ1n) is 8.05. The minimum absolute atomic E-state index is 0.0993. The fraction of sp³-hybridized carbons (Fsp3) is 0.375. The van der Waals surface area contributed by atoms with Gasteiger partial charge in [-0.3, -0.25) is 9.59 Å². The number of benzene rings is 1. The Labute approximate surface area is 154 Å². The van der Waals surface area contributed by atoms with Crippen LogP contribution in [-0.2, 0) is 4.79 Å². The Morgan fingerprint density at radius 1 is 1.32 bits per heavy atom. The Kier molecular flexibility index (Phi) is 5.87.